The molecule has 0 aliphatic carbocycles. The van der Waals surface area contributed by atoms with Gasteiger partial charge in [0.05, 0.1) is 5.70 Å². The first-order chi connectivity index (χ1) is 6.11. The molecule has 0 amide bonds. The van der Waals surface area contributed by atoms with Gasteiger partial charge in [0.15, 0.2) is 5.78 Å². The van der Waals surface area contributed by atoms with Crippen LogP contribution in [0.15, 0.2) is 11.3 Å². The molecule has 0 spiro atoms. The maximum absolute atomic E-state index is 11.3. The zero-order valence-electron chi connectivity index (χ0n) is 8.42. The van der Waals surface area contributed by atoms with Crippen molar-refractivity contribution in [1.82, 2.24) is 5.32 Å². The third kappa shape index (κ3) is 1.90. The smallest absolute Gasteiger partial charge is 0.175 e. The van der Waals surface area contributed by atoms with Crippen LogP contribution in [0.5, 0.6) is 0 Å². The molecule has 1 heterocycles. The van der Waals surface area contributed by atoms with Gasteiger partial charge < -0.3 is 5.32 Å². The van der Waals surface area contributed by atoms with Gasteiger partial charge >= 0.3 is 0 Å². The molecule has 13 heavy (non-hydrogen) atoms. The first kappa shape index (κ1) is 10.6. The summed E-state index contributed by atoms with van der Waals surface area (Å²) in [5, 5.41) is 3.24. The second kappa shape index (κ2) is 4.18. The van der Waals surface area contributed by atoms with Gasteiger partial charge in [-0.05, 0) is 12.0 Å². The molecular formula is C10H17NOS. The fourth-order valence-corrected chi connectivity index (χ4v) is 2.31. The minimum Gasteiger partial charge on any atom is -0.378 e. The highest BCUT2D eigenvalue weighted by Crippen LogP contribution is 2.28. The lowest BCUT2D eigenvalue weighted by Gasteiger charge is -2.15. The summed E-state index contributed by atoms with van der Waals surface area (Å²) < 4.78 is 0. The second-order valence-electron chi connectivity index (χ2n) is 3.53. The van der Waals surface area contributed by atoms with Gasteiger partial charge in [-0.15, -0.1) is 0 Å². The SMILES string of the molecule is CCC1=C(C(C)=O)NC(CS)C1C. The zero-order valence-corrected chi connectivity index (χ0v) is 9.32. The lowest BCUT2D eigenvalue weighted by Crippen LogP contribution is -2.30. The lowest BCUT2D eigenvalue weighted by atomic mass is 9.95. The largest absolute Gasteiger partial charge is 0.378 e. The van der Waals surface area contributed by atoms with Crippen LogP contribution in [0.25, 0.3) is 0 Å². The topological polar surface area (TPSA) is 29.1 Å². The van der Waals surface area contributed by atoms with Crippen molar-refractivity contribution in [3.63, 3.8) is 0 Å². The van der Waals surface area contributed by atoms with Crippen molar-refractivity contribution in [2.75, 3.05) is 5.75 Å². The number of allylic oxidation sites excluding steroid dienone is 1. The number of nitrogens with one attached hydrogen (secondary N) is 1. The van der Waals surface area contributed by atoms with Crippen LogP contribution in [0.4, 0.5) is 0 Å². The highest BCUT2D eigenvalue weighted by Gasteiger charge is 2.30. The van der Waals surface area contributed by atoms with E-state index >= 15 is 0 Å². The van der Waals surface area contributed by atoms with Gasteiger partial charge in [-0.1, -0.05) is 13.8 Å². The molecule has 0 saturated carbocycles. The van der Waals surface area contributed by atoms with Gasteiger partial charge in [-0.2, -0.15) is 12.6 Å². The molecule has 2 atom stereocenters. The summed E-state index contributed by atoms with van der Waals surface area (Å²) in [6.07, 6.45) is 0.952. The minimum atomic E-state index is 0.146. The first-order valence-corrected chi connectivity index (χ1v) is 5.36. The molecule has 0 fully saturated rings. The van der Waals surface area contributed by atoms with Crippen molar-refractivity contribution in [3.05, 3.63) is 11.3 Å². The Bertz CT molecular complexity index is 247. The number of hydrogen-bond acceptors (Lipinski definition) is 3. The second-order valence-corrected chi connectivity index (χ2v) is 3.90. The van der Waals surface area contributed by atoms with Crippen molar-refractivity contribution < 1.29 is 4.79 Å². The van der Waals surface area contributed by atoms with Gasteiger partial charge in [-0.25, -0.2) is 0 Å². The molecule has 1 N–H and O–H groups in total. The fourth-order valence-electron chi connectivity index (χ4n) is 1.90. The van der Waals surface area contributed by atoms with Crippen molar-refractivity contribution in [3.8, 4) is 0 Å². The van der Waals surface area contributed by atoms with E-state index in [1.807, 2.05) is 0 Å². The summed E-state index contributed by atoms with van der Waals surface area (Å²) in [5.41, 5.74) is 2.08. The Morgan fingerprint density at radius 2 is 2.23 bits per heavy atom. The molecule has 1 aliphatic rings. The normalized spacial score (nSPS) is 27.7. The fraction of sp³-hybridized carbons (Fsp3) is 0.700. The summed E-state index contributed by atoms with van der Waals surface area (Å²) >= 11 is 4.26. The van der Waals surface area contributed by atoms with Crippen molar-refractivity contribution in [2.24, 2.45) is 5.92 Å². The van der Waals surface area contributed by atoms with Crippen molar-refractivity contribution in [2.45, 2.75) is 33.2 Å². The van der Waals surface area contributed by atoms with Gasteiger partial charge in [0, 0.05) is 24.6 Å². The van der Waals surface area contributed by atoms with Crippen LogP contribution in [0.3, 0.4) is 0 Å². The maximum Gasteiger partial charge on any atom is 0.175 e. The van der Waals surface area contributed by atoms with Crippen LogP contribution in [-0.4, -0.2) is 17.6 Å². The quantitative estimate of drug-likeness (QED) is 0.678. The zero-order chi connectivity index (χ0) is 10.0. The summed E-state index contributed by atoms with van der Waals surface area (Å²) in [6.45, 7) is 5.87. The molecule has 0 aromatic rings. The molecule has 0 bridgehead atoms. The van der Waals surface area contributed by atoms with E-state index in [0.717, 1.165) is 17.9 Å². The van der Waals surface area contributed by atoms with E-state index in [1.54, 1.807) is 6.92 Å². The lowest BCUT2D eigenvalue weighted by molar-refractivity contribution is -0.114. The van der Waals surface area contributed by atoms with Crippen LogP contribution in [0, 0.1) is 5.92 Å². The Kier molecular flexibility index (Phi) is 3.42. The maximum atomic E-state index is 11.3. The summed E-state index contributed by atoms with van der Waals surface area (Å²) in [5.74, 6) is 1.37. The minimum absolute atomic E-state index is 0.146. The van der Waals surface area contributed by atoms with E-state index in [0.29, 0.717) is 12.0 Å². The Morgan fingerprint density at radius 1 is 1.62 bits per heavy atom. The van der Waals surface area contributed by atoms with Gasteiger partial charge in [0.2, 0.25) is 0 Å². The van der Waals surface area contributed by atoms with E-state index in [4.69, 9.17) is 0 Å². The molecule has 0 aromatic heterocycles. The predicted molar refractivity (Wildman–Crippen MR) is 57.9 cm³/mol. The van der Waals surface area contributed by atoms with Crippen LogP contribution < -0.4 is 5.32 Å². The molecule has 2 unspecified atom stereocenters. The molecular weight excluding hydrogens is 182 g/mol. The molecule has 1 rings (SSSR count). The van der Waals surface area contributed by atoms with Crippen LogP contribution in [0.2, 0.25) is 0 Å². The Morgan fingerprint density at radius 3 is 2.54 bits per heavy atom. The van der Waals surface area contributed by atoms with E-state index in [9.17, 15) is 4.79 Å². The van der Waals surface area contributed by atoms with Gasteiger partial charge in [0.1, 0.15) is 0 Å². The third-order valence-corrected chi connectivity index (χ3v) is 3.13. The van der Waals surface area contributed by atoms with Crippen molar-refractivity contribution >= 4 is 18.4 Å². The van der Waals surface area contributed by atoms with Crippen LogP contribution >= 0.6 is 12.6 Å². The first-order valence-electron chi connectivity index (χ1n) is 4.73. The number of Topliss-reactive ketones (excluding diaryl/α,β-unsaturated/α-hetero) is 1. The Labute approximate surface area is 85.2 Å². The third-order valence-electron chi connectivity index (χ3n) is 2.73. The number of carbonyl (C=O) groups is 1. The van der Waals surface area contributed by atoms with E-state index in [2.05, 4.69) is 31.8 Å². The average Bonchev–Trinajstić information content (AvgIpc) is 2.42. The molecule has 0 aromatic carbocycles. The van der Waals surface area contributed by atoms with E-state index < -0.39 is 0 Å². The summed E-state index contributed by atoms with van der Waals surface area (Å²) in [6, 6.07) is 0.331. The summed E-state index contributed by atoms with van der Waals surface area (Å²) in [7, 11) is 0. The highest BCUT2D eigenvalue weighted by atomic mass is 32.1. The van der Waals surface area contributed by atoms with Gasteiger partial charge in [-0.3, -0.25) is 4.79 Å². The van der Waals surface area contributed by atoms with Gasteiger partial charge in [0.25, 0.3) is 0 Å². The molecule has 74 valence electrons. The molecule has 0 radical (unpaired) electrons. The highest BCUT2D eigenvalue weighted by molar-refractivity contribution is 7.80. The average molecular weight is 199 g/mol. The molecule has 3 heteroatoms. The van der Waals surface area contributed by atoms with Crippen LogP contribution in [-0.2, 0) is 4.79 Å². The number of carbonyl (C=O) groups excluding carboxylic acids is 1. The molecule has 0 saturated heterocycles. The monoisotopic (exact) mass is 199 g/mol. The molecule has 1 aliphatic heterocycles. The number of rotatable bonds is 3. The standard InChI is InChI=1S/C10H17NOS/c1-4-8-6(2)9(5-13)11-10(8)7(3)12/h6,9,11,13H,4-5H2,1-3H3. The van der Waals surface area contributed by atoms with Crippen LogP contribution in [0.1, 0.15) is 27.2 Å². The number of thiol groups is 1. The Balaban J connectivity index is 2.90. The molecule has 2 nitrogen and oxygen atoms in total. The van der Waals surface area contributed by atoms with Crippen molar-refractivity contribution in [1.29, 1.82) is 0 Å². The van der Waals surface area contributed by atoms with E-state index in [-0.39, 0.29) is 5.78 Å². The summed E-state index contributed by atoms with van der Waals surface area (Å²) in [4.78, 5) is 11.3. The predicted octanol–water partition coefficient (Wildman–Crippen LogP) is 1.78. The van der Waals surface area contributed by atoms with E-state index in [1.165, 1.54) is 5.57 Å². The number of hydrogen-bond donors (Lipinski definition) is 2. The Hall–Kier alpha value is -0.440. The number of ketones is 1.